The molecule has 0 spiro atoms. The summed E-state index contributed by atoms with van der Waals surface area (Å²) in [7, 11) is 2.24. The average molecular weight is 373 g/mol. The highest BCUT2D eigenvalue weighted by Crippen LogP contribution is 2.51. The van der Waals surface area contributed by atoms with Crippen LogP contribution >= 0.6 is 0 Å². The van der Waals surface area contributed by atoms with E-state index in [1.807, 2.05) is 0 Å². The highest BCUT2D eigenvalue weighted by Gasteiger charge is 2.73. The van der Waals surface area contributed by atoms with Crippen molar-refractivity contribution in [2.75, 3.05) is 14.2 Å². The van der Waals surface area contributed by atoms with Crippen LogP contribution in [-0.2, 0) is 28.5 Å². The van der Waals surface area contributed by atoms with Gasteiger partial charge >= 0.3 is 24.1 Å². The monoisotopic (exact) mass is 373 g/mol. The van der Waals surface area contributed by atoms with Crippen molar-refractivity contribution in [3.8, 4) is 0 Å². The Bertz CT molecular complexity index is 573. The van der Waals surface area contributed by atoms with Crippen LogP contribution in [0.4, 0.5) is 9.59 Å². The molecule has 0 bridgehead atoms. The molecule has 9 heteroatoms. The largest absolute Gasteiger partial charge is 0.469 e. The Hall–Kier alpha value is -2.32. The van der Waals surface area contributed by atoms with Gasteiger partial charge in [-0.3, -0.25) is 4.79 Å². The molecule has 0 unspecified atom stereocenters. The van der Waals surface area contributed by atoms with E-state index in [9.17, 15) is 19.2 Å². The van der Waals surface area contributed by atoms with Gasteiger partial charge in [-0.2, -0.15) is 4.90 Å². The fourth-order valence-electron chi connectivity index (χ4n) is 2.43. The quantitative estimate of drug-likeness (QED) is 0.547. The Morgan fingerprint density at radius 3 is 1.58 bits per heavy atom. The van der Waals surface area contributed by atoms with Gasteiger partial charge in [0.25, 0.3) is 0 Å². The number of hydrogen-bond acceptors (Lipinski definition) is 8. The molecule has 0 aromatic heterocycles. The molecule has 0 saturated heterocycles. The number of methoxy groups -OCH3 is 2. The maximum atomic E-state index is 12.7. The molecule has 1 aliphatic carbocycles. The van der Waals surface area contributed by atoms with E-state index in [1.165, 1.54) is 0 Å². The van der Waals surface area contributed by atoms with Crippen molar-refractivity contribution >= 4 is 24.1 Å². The van der Waals surface area contributed by atoms with E-state index >= 15 is 0 Å². The standard InChI is InChI=1S/C17H27NO8/c1-15(2,3)25-13(21)18(14(22)26-16(4,5)6)17(12(20)24-8)9-10(17)11(19)23-7/h10H,9H2,1-8H3/t10-,17-/m0/s1. The van der Waals surface area contributed by atoms with Crippen LogP contribution in [0.25, 0.3) is 0 Å². The fraction of sp³-hybridized carbons (Fsp3) is 0.765. The summed E-state index contributed by atoms with van der Waals surface area (Å²) in [5.74, 6) is -2.72. The van der Waals surface area contributed by atoms with Crippen molar-refractivity contribution in [2.45, 2.75) is 64.7 Å². The SMILES string of the molecule is COC(=O)[C@@H]1C[C@]1(C(=O)OC)N(C(=O)OC(C)(C)C)C(=O)OC(C)(C)C. The van der Waals surface area contributed by atoms with Crippen LogP contribution in [0.2, 0.25) is 0 Å². The highest BCUT2D eigenvalue weighted by molar-refractivity contribution is 6.03. The molecule has 2 atom stereocenters. The van der Waals surface area contributed by atoms with Crippen LogP contribution in [0.3, 0.4) is 0 Å². The minimum absolute atomic E-state index is 0.134. The number of amides is 2. The first-order valence-electron chi connectivity index (χ1n) is 8.12. The Kier molecular flexibility index (Phi) is 5.95. The molecular formula is C17H27NO8. The predicted octanol–water partition coefficient (Wildman–Crippen LogP) is 2.26. The van der Waals surface area contributed by atoms with Crippen molar-refractivity contribution < 1.29 is 38.1 Å². The molecule has 0 aromatic rings. The Balaban J connectivity index is 3.36. The first-order valence-corrected chi connectivity index (χ1v) is 8.12. The zero-order valence-corrected chi connectivity index (χ0v) is 16.5. The second-order valence-corrected chi connectivity index (χ2v) is 7.99. The zero-order valence-electron chi connectivity index (χ0n) is 16.5. The average Bonchev–Trinajstić information content (AvgIpc) is 3.18. The molecule has 2 amide bonds. The van der Waals surface area contributed by atoms with Crippen LogP contribution in [0.5, 0.6) is 0 Å². The van der Waals surface area contributed by atoms with E-state index in [0.29, 0.717) is 4.90 Å². The van der Waals surface area contributed by atoms with E-state index in [4.69, 9.17) is 14.2 Å². The van der Waals surface area contributed by atoms with Crippen LogP contribution < -0.4 is 0 Å². The van der Waals surface area contributed by atoms with Gasteiger partial charge in [0.1, 0.15) is 11.2 Å². The number of carbonyl (C=O) groups is 4. The number of hydrogen-bond donors (Lipinski definition) is 0. The topological polar surface area (TPSA) is 108 Å². The molecule has 0 aliphatic heterocycles. The zero-order chi connectivity index (χ0) is 20.5. The number of carbonyl (C=O) groups excluding carboxylic acids is 4. The van der Waals surface area contributed by atoms with Crippen LogP contribution in [-0.4, -0.2) is 60.0 Å². The van der Waals surface area contributed by atoms with Crippen molar-refractivity contribution in [3.63, 3.8) is 0 Å². The number of ether oxygens (including phenoxy) is 4. The molecule has 1 fully saturated rings. The van der Waals surface area contributed by atoms with Gasteiger partial charge in [-0.1, -0.05) is 0 Å². The van der Waals surface area contributed by atoms with E-state index in [1.54, 1.807) is 41.5 Å². The van der Waals surface area contributed by atoms with Crippen LogP contribution in [0.15, 0.2) is 0 Å². The summed E-state index contributed by atoms with van der Waals surface area (Å²) in [6.07, 6.45) is -2.35. The van der Waals surface area contributed by atoms with Crippen molar-refractivity contribution in [1.29, 1.82) is 0 Å². The maximum Gasteiger partial charge on any atom is 0.420 e. The van der Waals surface area contributed by atoms with Crippen molar-refractivity contribution in [1.82, 2.24) is 4.90 Å². The third-order valence-electron chi connectivity index (χ3n) is 3.51. The van der Waals surface area contributed by atoms with Crippen LogP contribution in [0.1, 0.15) is 48.0 Å². The molecule has 148 valence electrons. The van der Waals surface area contributed by atoms with Gasteiger partial charge in [0.05, 0.1) is 20.1 Å². The van der Waals surface area contributed by atoms with E-state index in [2.05, 4.69) is 4.74 Å². The normalized spacial score (nSPS) is 22.1. The van der Waals surface area contributed by atoms with E-state index in [-0.39, 0.29) is 6.42 Å². The Morgan fingerprint density at radius 1 is 0.846 bits per heavy atom. The van der Waals surface area contributed by atoms with Crippen LogP contribution in [0, 0.1) is 5.92 Å². The lowest BCUT2D eigenvalue weighted by Gasteiger charge is -2.32. The van der Waals surface area contributed by atoms with Gasteiger partial charge in [-0.15, -0.1) is 0 Å². The predicted molar refractivity (Wildman–Crippen MR) is 89.2 cm³/mol. The third kappa shape index (κ3) is 4.64. The minimum Gasteiger partial charge on any atom is -0.469 e. The maximum absolute atomic E-state index is 12.7. The molecule has 1 aliphatic rings. The van der Waals surface area contributed by atoms with Crippen molar-refractivity contribution in [3.05, 3.63) is 0 Å². The van der Waals surface area contributed by atoms with Gasteiger partial charge in [-0.25, -0.2) is 14.4 Å². The fourth-order valence-corrected chi connectivity index (χ4v) is 2.43. The van der Waals surface area contributed by atoms with Gasteiger partial charge in [-0.05, 0) is 48.0 Å². The lowest BCUT2D eigenvalue weighted by Crippen LogP contribution is -2.55. The molecule has 26 heavy (non-hydrogen) atoms. The molecule has 0 heterocycles. The summed E-state index contributed by atoms with van der Waals surface area (Å²) in [4.78, 5) is 50.3. The highest BCUT2D eigenvalue weighted by atomic mass is 16.6. The molecule has 0 aromatic carbocycles. The van der Waals surface area contributed by atoms with Gasteiger partial charge in [0, 0.05) is 0 Å². The molecule has 1 rings (SSSR count). The number of esters is 2. The molecule has 1 saturated carbocycles. The second-order valence-electron chi connectivity index (χ2n) is 7.99. The summed E-state index contributed by atoms with van der Waals surface area (Å²) in [5.41, 5.74) is -3.73. The second kappa shape index (κ2) is 7.13. The Morgan fingerprint density at radius 2 is 1.27 bits per heavy atom. The molecule has 0 radical (unpaired) electrons. The number of imide groups is 1. The van der Waals surface area contributed by atoms with E-state index in [0.717, 1.165) is 14.2 Å². The molecular weight excluding hydrogens is 346 g/mol. The van der Waals surface area contributed by atoms with Gasteiger partial charge < -0.3 is 18.9 Å². The minimum atomic E-state index is -1.85. The first kappa shape index (κ1) is 21.7. The first-order chi connectivity index (χ1) is 11.7. The molecule has 0 N–H and O–H groups in total. The number of nitrogens with zero attached hydrogens (tertiary/aromatic N) is 1. The van der Waals surface area contributed by atoms with Gasteiger partial charge in [0.15, 0.2) is 5.54 Å². The Labute approximate surface area is 152 Å². The van der Waals surface area contributed by atoms with Gasteiger partial charge in [0.2, 0.25) is 0 Å². The van der Waals surface area contributed by atoms with Crippen molar-refractivity contribution in [2.24, 2.45) is 5.92 Å². The lowest BCUT2D eigenvalue weighted by atomic mass is 10.1. The smallest absolute Gasteiger partial charge is 0.420 e. The number of rotatable bonds is 3. The van der Waals surface area contributed by atoms with E-state index < -0.39 is 46.8 Å². The summed E-state index contributed by atoms with van der Waals surface area (Å²) in [5, 5.41) is 0. The lowest BCUT2D eigenvalue weighted by molar-refractivity contribution is -0.153. The molecule has 9 nitrogen and oxygen atoms in total. The summed E-state index contributed by atoms with van der Waals surface area (Å²) in [6.45, 7) is 9.63. The third-order valence-corrected chi connectivity index (χ3v) is 3.51. The summed E-state index contributed by atoms with van der Waals surface area (Å²) < 4.78 is 19.9. The summed E-state index contributed by atoms with van der Waals surface area (Å²) >= 11 is 0. The summed E-state index contributed by atoms with van der Waals surface area (Å²) in [6, 6.07) is 0.